The van der Waals surface area contributed by atoms with Crippen LogP contribution in [-0.4, -0.2) is 49.3 Å². The zero-order valence-electron chi connectivity index (χ0n) is 11.0. The van der Waals surface area contributed by atoms with Gasteiger partial charge in [-0.05, 0) is 25.1 Å². The van der Waals surface area contributed by atoms with E-state index in [-0.39, 0.29) is 18.5 Å². The van der Waals surface area contributed by atoms with Gasteiger partial charge >= 0.3 is 0 Å². The first kappa shape index (κ1) is 13.3. The number of rotatable bonds is 2. The van der Waals surface area contributed by atoms with E-state index < -0.39 is 0 Å². The molecule has 1 aromatic rings. The summed E-state index contributed by atoms with van der Waals surface area (Å²) in [5.41, 5.74) is 0.637. The molecule has 0 aromatic heterocycles. The molecular formula is C14H21FN2O. The predicted molar refractivity (Wildman–Crippen MR) is 71.3 cm³/mol. The van der Waals surface area contributed by atoms with Crippen molar-refractivity contribution in [3.63, 3.8) is 0 Å². The molecular weight excluding hydrogens is 231 g/mol. The molecule has 1 heterocycles. The Labute approximate surface area is 108 Å². The molecule has 2 unspecified atom stereocenters. The molecule has 0 spiro atoms. The molecule has 3 nitrogen and oxygen atoms in total. The average molecular weight is 252 g/mol. The molecule has 1 aliphatic rings. The Morgan fingerprint density at radius 2 is 2.00 bits per heavy atom. The number of hydrogen-bond donors (Lipinski definition) is 1. The third kappa shape index (κ3) is 2.82. The fourth-order valence-electron chi connectivity index (χ4n) is 2.64. The quantitative estimate of drug-likeness (QED) is 0.865. The van der Waals surface area contributed by atoms with Gasteiger partial charge in [-0.2, -0.15) is 0 Å². The van der Waals surface area contributed by atoms with Gasteiger partial charge in [-0.3, -0.25) is 4.90 Å². The SMILES string of the molecule is CC1CN(c2ccccc2F)CC(CO)N(C)C1. The van der Waals surface area contributed by atoms with Crippen molar-refractivity contribution in [2.45, 2.75) is 13.0 Å². The lowest BCUT2D eigenvalue weighted by Gasteiger charge is -2.28. The topological polar surface area (TPSA) is 26.7 Å². The number of anilines is 1. The summed E-state index contributed by atoms with van der Waals surface area (Å²) < 4.78 is 13.8. The van der Waals surface area contributed by atoms with Crippen molar-refractivity contribution < 1.29 is 9.50 Å². The summed E-state index contributed by atoms with van der Waals surface area (Å²) in [6.45, 7) is 4.68. The molecule has 1 aromatic carbocycles. The van der Waals surface area contributed by atoms with Crippen LogP contribution in [-0.2, 0) is 0 Å². The summed E-state index contributed by atoms with van der Waals surface area (Å²) in [5, 5.41) is 9.44. The second kappa shape index (κ2) is 5.67. The monoisotopic (exact) mass is 252 g/mol. The van der Waals surface area contributed by atoms with E-state index in [0.29, 0.717) is 18.2 Å². The molecule has 1 fully saturated rings. The molecule has 1 aliphatic heterocycles. The largest absolute Gasteiger partial charge is 0.395 e. The van der Waals surface area contributed by atoms with Crippen molar-refractivity contribution in [2.24, 2.45) is 5.92 Å². The van der Waals surface area contributed by atoms with E-state index in [1.165, 1.54) is 6.07 Å². The van der Waals surface area contributed by atoms with Crippen LogP contribution in [0.1, 0.15) is 6.92 Å². The number of para-hydroxylation sites is 1. The minimum atomic E-state index is -0.189. The fraction of sp³-hybridized carbons (Fsp3) is 0.571. The molecule has 2 rings (SSSR count). The lowest BCUT2D eigenvalue weighted by atomic mass is 10.1. The smallest absolute Gasteiger partial charge is 0.146 e. The first-order chi connectivity index (χ1) is 8.61. The van der Waals surface area contributed by atoms with Crippen LogP contribution in [0.15, 0.2) is 24.3 Å². The zero-order chi connectivity index (χ0) is 13.1. The molecule has 0 saturated carbocycles. The van der Waals surface area contributed by atoms with Crippen LogP contribution in [0, 0.1) is 11.7 Å². The van der Waals surface area contributed by atoms with E-state index in [1.807, 2.05) is 24.1 Å². The molecule has 2 atom stereocenters. The zero-order valence-corrected chi connectivity index (χ0v) is 11.0. The first-order valence-corrected chi connectivity index (χ1v) is 6.42. The number of hydrogen-bond acceptors (Lipinski definition) is 3. The third-order valence-corrected chi connectivity index (χ3v) is 3.59. The first-order valence-electron chi connectivity index (χ1n) is 6.42. The lowest BCUT2D eigenvalue weighted by Crippen LogP contribution is -2.41. The van der Waals surface area contributed by atoms with Crippen LogP contribution in [0.25, 0.3) is 0 Å². The van der Waals surface area contributed by atoms with E-state index in [9.17, 15) is 9.50 Å². The second-order valence-electron chi connectivity index (χ2n) is 5.24. The Morgan fingerprint density at radius 1 is 1.28 bits per heavy atom. The maximum Gasteiger partial charge on any atom is 0.146 e. The third-order valence-electron chi connectivity index (χ3n) is 3.59. The van der Waals surface area contributed by atoms with Gasteiger partial charge < -0.3 is 10.0 Å². The summed E-state index contributed by atoms with van der Waals surface area (Å²) in [5.74, 6) is 0.261. The van der Waals surface area contributed by atoms with Crippen molar-refractivity contribution >= 4 is 5.69 Å². The Bertz CT molecular complexity index is 399. The number of halogens is 1. The Hall–Kier alpha value is -1.13. The van der Waals surface area contributed by atoms with Gasteiger partial charge in [0, 0.05) is 25.7 Å². The van der Waals surface area contributed by atoms with Crippen molar-refractivity contribution in [3.05, 3.63) is 30.1 Å². The number of aliphatic hydroxyl groups is 1. The Balaban J connectivity index is 2.24. The van der Waals surface area contributed by atoms with E-state index in [4.69, 9.17) is 0 Å². The molecule has 1 saturated heterocycles. The van der Waals surface area contributed by atoms with Gasteiger partial charge in [-0.1, -0.05) is 19.1 Å². The average Bonchev–Trinajstić information content (AvgIpc) is 2.48. The highest BCUT2D eigenvalue weighted by molar-refractivity contribution is 5.48. The van der Waals surface area contributed by atoms with Gasteiger partial charge in [0.25, 0.3) is 0 Å². The van der Waals surface area contributed by atoms with Gasteiger partial charge in [-0.15, -0.1) is 0 Å². The van der Waals surface area contributed by atoms with Crippen LogP contribution >= 0.6 is 0 Å². The molecule has 0 bridgehead atoms. The highest BCUT2D eigenvalue weighted by Crippen LogP contribution is 2.23. The molecule has 4 heteroatoms. The van der Waals surface area contributed by atoms with Gasteiger partial charge in [-0.25, -0.2) is 4.39 Å². The molecule has 0 aliphatic carbocycles. The van der Waals surface area contributed by atoms with Gasteiger partial charge in [0.1, 0.15) is 5.82 Å². The van der Waals surface area contributed by atoms with E-state index in [0.717, 1.165) is 13.1 Å². The van der Waals surface area contributed by atoms with Crippen molar-refractivity contribution in [1.82, 2.24) is 4.90 Å². The fourth-order valence-corrected chi connectivity index (χ4v) is 2.64. The number of nitrogens with zero attached hydrogens (tertiary/aromatic N) is 2. The molecule has 0 radical (unpaired) electrons. The molecule has 100 valence electrons. The van der Waals surface area contributed by atoms with Gasteiger partial charge in [0.2, 0.25) is 0 Å². The second-order valence-corrected chi connectivity index (χ2v) is 5.24. The highest BCUT2D eigenvalue weighted by atomic mass is 19.1. The molecule has 0 amide bonds. The van der Waals surface area contributed by atoms with E-state index in [2.05, 4.69) is 11.8 Å². The summed E-state index contributed by atoms with van der Waals surface area (Å²) in [4.78, 5) is 4.20. The van der Waals surface area contributed by atoms with Gasteiger partial charge in [0.15, 0.2) is 0 Å². The standard InChI is InChI=1S/C14H21FN2O/c1-11-7-16(2)12(10-18)9-17(8-11)14-6-4-3-5-13(14)15/h3-6,11-12,18H,7-10H2,1-2H3. The predicted octanol–water partition coefficient (Wildman–Crippen LogP) is 1.57. The summed E-state index contributed by atoms with van der Waals surface area (Å²) >= 11 is 0. The Kier molecular flexibility index (Phi) is 4.19. The number of aliphatic hydroxyl groups excluding tert-OH is 1. The summed E-state index contributed by atoms with van der Waals surface area (Å²) in [7, 11) is 2.02. The lowest BCUT2D eigenvalue weighted by molar-refractivity contribution is 0.151. The summed E-state index contributed by atoms with van der Waals surface area (Å²) in [6.07, 6.45) is 0. The van der Waals surface area contributed by atoms with Crippen LogP contribution < -0.4 is 4.90 Å². The van der Waals surface area contributed by atoms with Crippen molar-refractivity contribution in [3.8, 4) is 0 Å². The maximum absolute atomic E-state index is 13.8. The number of likely N-dealkylation sites (N-methyl/N-ethyl adjacent to an activating group) is 1. The Morgan fingerprint density at radius 3 is 2.67 bits per heavy atom. The van der Waals surface area contributed by atoms with Crippen molar-refractivity contribution in [2.75, 3.05) is 38.2 Å². The summed E-state index contributed by atoms with van der Waals surface area (Å²) in [6, 6.07) is 6.92. The van der Waals surface area contributed by atoms with Crippen LogP contribution in [0.4, 0.5) is 10.1 Å². The highest BCUT2D eigenvalue weighted by Gasteiger charge is 2.26. The minimum absolute atomic E-state index is 0.0644. The van der Waals surface area contributed by atoms with Crippen LogP contribution in [0.5, 0.6) is 0 Å². The van der Waals surface area contributed by atoms with Crippen molar-refractivity contribution in [1.29, 1.82) is 0 Å². The van der Waals surface area contributed by atoms with Gasteiger partial charge in [0.05, 0.1) is 12.3 Å². The molecule has 1 N–H and O–H groups in total. The molecule has 18 heavy (non-hydrogen) atoms. The van der Waals surface area contributed by atoms with Crippen LogP contribution in [0.3, 0.4) is 0 Å². The van der Waals surface area contributed by atoms with E-state index in [1.54, 1.807) is 6.07 Å². The van der Waals surface area contributed by atoms with E-state index >= 15 is 0 Å². The minimum Gasteiger partial charge on any atom is -0.395 e. The van der Waals surface area contributed by atoms with Crippen LogP contribution in [0.2, 0.25) is 0 Å². The number of benzene rings is 1. The maximum atomic E-state index is 13.8. The normalized spacial score (nSPS) is 26.1.